The number of nitrogens with one attached hydrogen (secondary N) is 1. The van der Waals surface area contributed by atoms with Gasteiger partial charge in [-0.1, -0.05) is 31.0 Å². The Bertz CT molecular complexity index is 1230. The highest BCUT2D eigenvalue weighted by molar-refractivity contribution is 5.94. The van der Waals surface area contributed by atoms with Crippen molar-refractivity contribution < 1.29 is 36.6 Å². The van der Waals surface area contributed by atoms with Gasteiger partial charge in [0.1, 0.15) is 0 Å². The maximum atomic E-state index is 14.3. The number of carbonyl (C=O) groups excluding carboxylic acids is 1. The van der Waals surface area contributed by atoms with Crippen LogP contribution < -0.4 is 5.32 Å². The van der Waals surface area contributed by atoms with Crippen LogP contribution in [0.3, 0.4) is 0 Å². The van der Waals surface area contributed by atoms with Crippen LogP contribution in [0.4, 0.5) is 22.0 Å². The first-order valence-corrected chi connectivity index (χ1v) is 13.8. The Balaban J connectivity index is 0.00000387. The van der Waals surface area contributed by atoms with Crippen molar-refractivity contribution in [3.63, 3.8) is 0 Å². The number of hydrogen-bond acceptors (Lipinski definition) is 4. The lowest BCUT2D eigenvalue weighted by Crippen LogP contribution is -2.50. The average Bonchev–Trinajstić information content (AvgIpc) is 3.58. The topological polar surface area (TPSA) is 87.5 Å². The SMILES string of the molecule is Cl.O=C(O)C[C@H](CCN1CC2CCC(C1)C2(F)F)NC(=O)c1cc(-c2ccccc2C(F)(F)F)n(C2CCCC2)n1. The number of likely N-dealkylation sites (tertiary alicyclic amines) is 1. The number of halogens is 6. The molecule has 226 valence electrons. The number of fused-ring (bicyclic) bond motifs is 2. The van der Waals surface area contributed by atoms with E-state index in [1.807, 2.05) is 4.90 Å². The summed E-state index contributed by atoms with van der Waals surface area (Å²) in [5, 5.41) is 16.5. The van der Waals surface area contributed by atoms with Crippen LogP contribution in [-0.4, -0.2) is 63.3 Å². The Kier molecular flexibility index (Phi) is 9.32. The van der Waals surface area contributed by atoms with E-state index < -0.39 is 47.4 Å². The number of carbonyl (C=O) groups is 2. The molecule has 5 rings (SSSR count). The Morgan fingerprint density at radius 2 is 1.71 bits per heavy atom. The maximum absolute atomic E-state index is 14.3. The second-order valence-corrected chi connectivity index (χ2v) is 11.3. The van der Waals surface area contributed by atoms with Gasteiger partial charge in [-0.15, -0.1) is 12.4 Å². The number of rotatable bonds is 9. The van der Waals surface area contributed by atoms with E-state index in [0.29, 0.717) is 19.4 Å². The van der Waals surface area contributed by atoms with Gasteiger partial charge in [-0.25, -0.2) is 8.78 Å². The molecule has 2 N–H and O–H groups in total. The van der Waals surface area contributed by atoms with E-state index >= 15 is 0 Å². The largest absolute Gasteiger partial charge is 0.481 e. The van der Waals surface area contributed by atoms with E-state index in [4.69, 9.17) is 0 Å². The predicted octanol–water partition coefficient (Wildman–Crippen LogP) is 6.05. The van der Waals surface area contributed by atoms with Crippen LogP contribution in [-0.2, 0) is 11.0 Å². The van der Waals surface area contributed by atoms with Crippen molar-refractivity contribution in [1.82, 2.24) is 20.0 Å². The summed E-state index contributed by atoms with van der Waals surface area (Å²) in [4.78, 5) is 26.7. The standard InChI is InChI=1S/C28H33F5N4O3.ClH/c29-27(30)17-9-10-18(27)16-36(15-17)12-11-19(13-25(38)39)34-26(40)23-14-24(37(35-23)20-5-1-2-6-20)21-7-3-4-8-22(21)28(31,32)33;/h3-4,7-8,14,17-20H,1-2,5-6,9-13,15-16H2,(H,34,40)(H,38,39);1H/t17?,18?,19-;/m0./s1. The molecular formula is C28H34ClF5N4O3. The predicted molar refractivity (Wildman–Crippen MR) is 143 cm³/mol. The highest BCUT2D eigenvalue weighted by Crippen LogP contribution is 2.48. The Morgan fingerprint density at radius 3 is 2.32 bits per heavy atom. The fraction of sp³-hybridized carbons (Fsp3) is 0.607. The number of piperidine rings is 1. The molecule has 3 fully saturated rings. The van der Waals surface area contributed by atoms with Crippen molar-refractivity contribution >= 4 is 24.3 Å². The highest BCUT2D eigenvalue weighted by Gasteiger charge is 2.55. The molecule has 1 aromatic carbocycles. The van der Waals surface area contributed by atoms with Crippen molar-refractivity contribution in [2.24, 2.45) is 11.8 Å². The van der Waals surface area contributed by atoms with Gasteiger partial charge in [0.05, 0.1) is 23.7 Å². The van der Waals surface area contributed by atoms with E-state index in [9.17, 15) is 36.6 Å². The van der Waals surface area contributed by atoms with E-state index in [0.717, 1.165) is 31.7 Å². The van der Waals surface area contributed by atoms with Crippen LogP contribution in [0.15, 0.2) is 30.3 Å². The number of nitrogens with zero attached hydrogens (tertiary/aromatic N) is 3. The summed E-state index contributed by atoms with van der Waals surface area (Å²) in [6.45, 7) is 0.804. The first-order chi connectivity index (χ1) is 18.9. The van der Waals surface area contributed by atoms with Gasteiger partial charge in [-0.2, -0.15) is 18.3 Å². The molecule has 2 aromatic rings. The number of hydrogen-bond donors (Lipinski definition) is 2. The molecule has 1 saturated heterocycles. The van der Waals surface area contributed by atoms with Crippen LogP contribution in [0.25, 0.3) is 11.3 Å². The molecule has 41 heavy (non-hydrogen) atoms. The minimum Gasteiger partial charge on any atom is -0.481 e. The zero-order valence-electron chi connectivity index (χ0n) is 22.4. The number of amides is 1. The minimum absolute atomic E-state index is 0. The van der Waals surface area contributed by atoms with Crippen molar-refractivity contribution in [2.45, 2.75) is 75.5 Å². The third kappa shape index (κ3) is 6.69. The van der Waals surface area contributed by atoms with Gasteiger partial charge < -0.3 is 15.3 Å². The molecule has 7 nitrogen and oxygen atoms in total. The van der Waals surface area contributed by atoms with Gasteiger partial charge in [0, 0.05) is 43.1 Å². The normalized spacial score (nSPS) is 23.2. The Labute approximate surface area is 240 Å². The lowest BCUT2D eigenvalue weighted by Gasteiger charge is -2.38. The van der Waals surface area contributed by atoms with Gasteiger partial charge in [-0.05, 0) is 44.2 Å². The summed E-state index contributed by atoms with van der Waals surface area (Å²) >= 11 is 0. The van der Waals surface area contributed by atoms with Crippen LogP contribution in [0.2, 0.25) is 0 Å². The quantitative estimate of drug-likeness (QED) is 0.341. The smallest absolute Gasteiger partial charge is 0.417 e. The second kappa shape index (κ2) is 12.2. The fourth-order valence-electron chi connectivity index (χ4n) is 6.55. The van der Waals surface area contributed by atoms with Gasteiger partial charge in [0.25, 0.3) is 11.8 Å². The van der Waals surface area contributed by atoms with Crippen LogP contribution in [0, 0.1) is 11.8 Å². The van der Waals surface area contributed by atoms with Gasteiger partial charge in [0.15, 0.2) is 5.69 Å². The van der Waals surface area contributed by atoms with Gasteiger partial charge >= 0.3 is 12.1 Å². The van der Waals surface area contributed by atoms with Gasteiger partial charge in [-0.3, -0.25) is 14.3 Å². The monoisotopic (exact) mass is 604 g/mol. The molecule has 2 unspecified atom stereocenters. The summed E-state index contributed by atoms with van der Waals surface area (Å²) in [7, 11) is 0. The zero-order chi connectivity index (χ0) is 28.7. The molecule has 1 aromatic heterocycles. The van der Waals surface area contributed by atoms with Crippen LogP contribution in [0.5, 0.6) is 0 Å². The third-order valence-electron chi connectivity index (χ3n) is 8.61. The molecule has 2 saturated carbocycles. The lowest BCUT2D eigenvalue weighted by molar-refractivity contribution is -0.138. The molecule has 1 aliphatic heterocycles. The van der Waals surface area contributed by atoms with E-state index in [1.54, 1.807) is 0 Å². The summed E-state index contributed by atoms with van der Waals surface area (Å²) in [6, 6.07) is 5.54. The number of benzene rings is 1. The zero-order valence-corrected chi connectivity index (χ0v) is 23.2. The summed E-state index contributed by atoms with van der Waals surface area (Å²) in [5.41, 5.74) is -0.813. The number of alkyl halides is 5. The molecule has 3 atom stereocenters. The molecule has 3 aliphatic rings. The first kappa shape index (κ1) is 31.2. The Morgan fingerprint density at radius 1 is 1.07 bits per heavy atom. The third-order valence-corrected chi connectivity index (χ3v) is 8.61. The van der Waals surface area contributed by atoms with E-state index in [1.165, 1.54) is 28.9 Å². The number of carboxylic acids is 1. The molecule has 0 radical (unpaired) electrons. The van der Waals surface area contributed by atoms with Crippen molar-refractivity contribution in [1.29, 1.82) is 0 Å². The van der Waals surface area contributed by atoms with Gasteiger partial charge in [0.2, 0.25) is 0 Å². The summed E-state index contributed by atoms with van der Waals surface area (Å²) in [5.74, 6) is -5.91. The molecule has 0 spiro atoms. The highest BCUT2D eigenvalue weighted by atomic mass is 35.5. The molecular weight excluding hydrogens is 571 g/mol. The summed E-state index contributed by atoms with van der Waals surface area (Å²) < 4.78 is 71.5. The number of aromatic nitrogens is 2. The van der Waals surface area contributed by atoms with Crippen LogP contribution in [0.1, 0.15) is 73.5 Å². The Hall–Kier alpha value is -2.73. The maximum Gasteiger partial charge on any atom is 0.417 e. The average molecular weight is 605 g/mol. The second-order valence-electron chi connectivity index (χ2n) is 11.3. The van der Waals surface area contributed by atoms with Crippen molar-refractivity contribution in [2.75, 3.05) is 19.6 Å². The van der Waals surface area contributed by atoms with Crippen molar-refractivity contribution in [3.05, 3.63) is 41.6 Å². The van der Waals surface area contributed by atoms with Crippen molar-refractivity contribution in [3.8, 4) is 11.3 Å². The molecule has 2 aliphatic carbocycles. The lowest BCUT2D eigenvalue weighted by atomic mass is 9.93. The molecule has 2 bridgehead atoms. The molecule has 1 amide bonds. The van der Waals surface area contributed by atoms with Crippen LogP contribution >= 0.6 is 12.4 Å². The summed E-state index contributed by atoms with van der Waals surface area (Å²) in [6.07, 6.45) is -0.570. The molecule has 13 heteroatoms. The number of carboxylic acid groups (broad SMARTS) is 1. The van der Waals surface area contributed by atoms with E-state index in [2.05, 4.69) is 10.4 Å². The fourth-order valence-corrected chi connectivity index (χ4v) is 6.55. The van der Waals surface area contributed by atoms with E-state index in [-0.39, 0.29) is 61.3 Å². The molecule has 2 heterocycles. The number of aliphatic carboxylic acids is 1. The first-order valence-electron chi connectivity index (χ1n) is 13.8. The minimum atomic E-state index is -4.60.